The highest BCUT2D eigenvalue weighted by Crippen LogP contribution is 2.39. The van der Waals surface area contributed by atoms with Gasteiger partial charge in [-0.2, -0.15) is 0 Å². The van der Waals surface area contributed by atoms with Gasteiger partial charge in [-0.1, -0.05) is 36.8 Å². The van der Waals surface area contributed by atoms with Crippen molar-refractivity contribution in [2.45, 2.75) is 46.1 Å². The van der Waals surface area contributed by atoms with E-state index in [0.29, 0.717) is 13.1 Å². The lowest BCUT2D eigenvalue weighted by Crippen LogP contribution is -2.48. The normalized spacial score (nSPS) is 25.6. The van der Waals surface area contributed by atoms with Gasteiger partial charge in [0.2, 0.25) is 5.91 Å². The van der Waals surface area contributed by atoms with Crippen molar-refractivity contribution in [2.24, 2.45) is 17.1 Å². The molecular formula is C18H28N2O. The monoisotopic (exact) mass is 288 g/mol. The summed E-state index contributed by atoms with van der Waals surface area (Å²) in [5.74, 6) is 0.943. The molecule has 1 amide bonds. The van der Waals surface area contributed by atoms with E-state index in [1.165, 1.54) is 11.1 Å². The van der Waals surface area contributed by atoms with Crippen molar-refractivity contribution in [3.05, 3.63) is 35.4 Å². The van der Waals surface area contributed by atoms with E-state index in [4.69, 9.17) is 5.73 Å². The molecule has 0 radical (unpaired) electrons. The summed E-state index contributed by atoms with van der Waals surface area (Å²) < 4.78 is 0. The summed E-state index contributed by atoms with van der Waals surface area (Å²) in [4.78, 5) is 14.8. The van der Waals surface area contributed by atoms with E-state index in [1.807, 2.05) is 18.0 Å². The van der Waals surface area contributed by atoms with Gasteiger partial charge in [-0.25, -0.2) is 0 Å². The number of nitrogens with two attached hydrogens (primary N) is 1. The first-order chi connectivity index (χ1) is 9.97. The average Bonchev–Trinajstić information content (AvgIpc) is 2.48. The molecule has 0 heterocycles. The number of hydrogen-bond donors (Lipinski definition) is 1. The Morgan fingerprint density at radius 3 is 2.62 bits per heavy atom. The topological polar surface area (TPSA) is 46.3 Å². The molecule has 21 heavy (non-hydrogen) atoms. The zero-order valence-corrected chi connectivity index (χ0v) is 13.6. The minimum absolute atomic E-state index is 0.221. The minimum atomic E-state index is -0.328. The van der Waals surface area contributed by atoms with E-state index >= 15 is 0 Å². The molecule has 1 saturated carbocycles. The van der Waals surface area contributed by atoms with Gasteiger partial charge >= 0.3 is 0 Å². The van der Waals surface area contributed by atoms with E-state index in [9.17, 15) is 4.79 Å². The number of hydrogen-bond acceptors (Lipinski definition) is 2. The molecule has 1 fully saturated rings. The van der Waals surface area contributed by atoms with Crippen LogP contribution in [0.5, 0.6) is 0 Å². The van der Waals surface area contributed by atoms with Crippen LogP contribution >= 0.6 is 0 Å². The second-order valence-corrected chi connectivity index (χ2v) is 6.82. The summed E-state index contributed by atoms with van der Waals surface area (Å²) in [5.41, 5.74) is 8.08. The average molecular weight is 288 g/mol. The molecule has 3 heteroatoms. The van der Waals surface area contributed by atoms with Crippen LogP contribution in [0, 0.1) is 18.3 Å². The summed E-state index contributed by atoms with van der Waals surface area (Å²) in [6, 6.07) is 8.34. The van der Waals surface area contributed by atoms with E-state index in [1.54, 1.807) is 0 Å². The summed E-state index contributed by atoms with van der Waals surface area (Å²) in [6.07, 6.45) is 4.09. The fourth-order valence-electron chi connectivity index (χ4n) is 3.38. The Bertz CT molecular complexity index is 490. The molecule has 1 aromatic rings. The summed E-state index contributed by atoms with van der Waals surface area (Å²) in [5, 5.41) is 0. The number of aryl methyl sites for hydroxylation is 1. The third-order valence-electron chi connectivity index (χ3n) is 4.92. The SMILES string of the molecule is Cc1cccc(CN(C)C(=O)C2(CN)CCC(C)CC2)c1. The number of carbonyl (C=O) groups excluding carboxylic acids is 1. The van der Waals surface area contributed by atoms with Crippen molar-refractivity contribution in [1.82, 2.24) is 4.90 Å². The maximum Gasteiger partial charge on any atom is 0.230 e. The van der Waals surface area contributed by atoms with Gasteiger partial charge in [-0.05, 0) is 44.1 Å². The van der Waals surface area contributed by atoms with Crippen molar-refractivity contribution in [1.29, 1.82) is 0 Å². The van der Waals surface area contributed by atoms with Crippen LogP contribution in [-0.4, -0.2) is 24.4 Å². The maximum absolute atomic E-state index is 12.9. The molecule has 2 rings (SSSR count). The van der Waals surface area contributed by atoms with E-state index < -0.39 is 0 Å². The zero-order chi connectivity index (χ0) is 15.5. The van der Waals surface area contributed by atoms with Gasteiger partial charge in [0, 0.05) is 20.1 Å². The molecule has 0 aliphatic heterocycles. The van der Waals surface area contributed by atoms with Crippen molar-refractivity contribution < 1.29 is 4.79 Å². The van der Waals surface area contributed by atoms with Gasteiger partial charge in [0.1, 0.15) is 0 Å². The Morgan fingerprint density at radius 1 is 1.38 bits per heavy atom. The van der Waals surface area contributed by atoms with E-state index in [2.05, 4.69) is 32.0 Å². The van der Waals surface area contributed by atoms with Crippen LogP contribution < -0.4 is 5.73 Å². The Hall–Kier alpha value is -1.35. The number of rotatable bonds is 4. The second kappa shape index (κ2) is 6.61. The van der Waals surface area contributed by atoms with Gasteiger partial charge in [-0.15, -0.1) is 0 Å². The highest BCUT2D eigenvalue weighted by molar-refractivity contribution is 5.83. The third kappa shape index (κ3) is 3.65. The maximum atomic E-state index is 12.9. The van der Waals surface area contributed by atoms with Crippen LogP contribution in [0.3, 0.4) is 0 Å². The van der Waals surface area contributed by atoms with Crippen LogP contribution in [0.4, 0.5) is 0 Å². The van der Waals surface area contributed by atoms with Crippen molar-refractivity contribution in [3.63, 3.8) is 0 Å². The molecule has 1 aliphatic rings. The standard InChI is InChI=1S/C18H28N2O/c1-14-7-9-18(13-19,10-8-14)17(21)20(3)12-16-6-4-5-15(2)11-16/h4-6,11,14H,7-10,12-13,19H2,1-3H3. The number of amides is 1. The second-order valence-electron chi connectivity index (χ2n) is 6.82. The summed E-state index contributed by atoms with van der Waals surface area (Å²) in [7, 11) is 1.90. The molecule has 3 nitrogen and oxygen atoms in total. The lowest BCUT2D eigenvalue weighted by Gasteiger charge is -2.39. The number of carbonyl (C=O) groups is 1. The minimum Gasteiger partial charge on any atom is -0.341 e. The molecule has 0 atom stereocenters. The molecule has 0 bridgehead atoms. The zero-order valence-electron chi connectivity index (χ0n) is 13.6. The van der Waals surface area contributed by atoms with E-state index in [-0.39, 0.29) is 11.3 Å². The highest BCUT2D eigenvalue weighted by atomic mass is 16.2. The Balaban J connectivity index is 2.07. The first-order valence-corrected chi connectivity index (χ1v) is 7.98. The molecule has 0 spiro atoms. The predicted octanol–water partition coefficient (Wildman–Crippen LogP) is 3.11. The highest BCUT2D eigenvalue weighted by Gasteiger charge is 2.41. The molecule has 1 aromatic carbocycles. The molecule has 0 unspecified atom stereocenters. The third-order valence-corrected chi connectivity index (χ3v) is 4.92. The van der Waals surface area contributed by atoms with Crippen LogP contribution in [0.1, 0.15) is 43.7 Å². The van der Waals surface area contributed by atoms with Crippen LogP contribution in [0.15, 0.2) is 24.3 Å². The Kier molecular flexibility index (Phi) is 5.04. The summed E-state index contributed by atoms with van der Waals surface area (Å²) >= 11 is 0. The Morgan fingerprint density at radius 2 is 2.05 bits per heavy atom. The van der Waals surface area contributed by atoms with Crippen molar-refractivity contribution in [2.75, 3.05) is 13.6 Å². The quantitative estimate of drug-likeness (QED) is 0.925. The van der Waals surface area contributed by atoms with Crippen LogP contribution in [-0.2, 0) is 11.3 Å². The molecule has 116 valence electrons. The molecule has 1 aliphatic carbocycles. The van der Waals surface area contributed by atoms with Gasteiger partial charge in [-0.3, -0.25) is 4.79 Å². The van der Waals surface area contributed by atoms with Gasteiger partial charge in [0.15, 0.2) is 0 Å². The van der Waals surface area contributed by atoms with Gasteiger partial charge in [0.25, 0.3) is 0 Å². The van der Waals surface area contributed by atoms with Crippen LogP contribution in [0.25, 0.3) is 0 Å². The number of benzene rings is 1. The molecule has 0 aromatic heterocycles. The fourth-order valence-corrected chi connectivity index (χ4v) is 3.38. The summed E-state index contributed by atoms with van der Waals surface area (Å²) in [6.45, 7) is 5.48. The first-order valence-electron chi connectivity index (χ1n) is 7.98. The fraction of sp³-hybridized carbons (Fsp3) is 0.611. The molecular weight excluding hydrogens is 260 g/mol. The van der Waals surface area contributed by atoms with Gasteiger partial charge < -0.3 is 10.6 Å². The van der Waals surface area contributed by atoms with E-state index in [0.717, 1.165) is 31.6 Å². The van der Waals surface area contributed by atoms with Crippen molar-refractivity contribution >= 4 is 5.91 Å². The predicted molar refractivity (Wildman–Crippen MR) is 86.8 cm³/mol. The first kappa shape index (κ1) is 16.0. The smallest absolute Gasteiger partial charge is 0.230 e. The van der Waals surface area contributed by atoms with Crippen molar-refractivity contribution in [3.8, 4) is 0 Å². The number of nitrogens with zero attached hydrogens (tertiary/aromatic N) is 1. The lowest BCUT2D eigenvalue weighted by atomic mass is 9.70. The lowest BCUT2D eigenvalue weighted by molar-refractivity contribution is -0.143. The Labute approximate surface area is 128 Å². The molecule has 0 saturated heterocycles. The molecule has 2 N–H and O–H groups in total. The van der Waals surface area contributed by atoms with Crippen LogP contribution in [0.2, 0.25) is 0 Å². The van der Waals surface area contributed by atoms with Gasteiger partial charge in [0.05, 0.1) is 5.41 Å². The largest absolute Gasteiger partial charge is 0.341 e.